The van der Waals surface area contributed by atoms with E-state index in [0.29, 0.717) is 11.6 Å². The first-order valence-electron chi connectivity index (χ1n) is 6.66. The number of hydrogen-bond donors (Lipinski definition) is 1. The van der Waals surface area contributed by atoms with Crippen LogP contribution in [0.3, 0.4) is 0 Å². The summed E-state index contributed by atoms with van der Waals surface area (Å²) in [6, 6.07) is 4.43. The molecule has 0 unspecified atom stereocenters. The van der Waals surface area contributed by atoms with Gasteiger partial charge in [-0.05, 0) is 31.9 Å². The van der Waals surface area contributed by atoms with Crippen molar-refractivity contribution in [2.75, 3.05) is 25.0 Å². The first kappa shape index (κ1) is 12.8. The van der Waals surface area contributed by atoms with E-state index < -0.39 is 0 Å². The van der Waals surface area contributed by atoms with Crippen LogP contribution >= 0.6 is 0 Å². The topological polar surface area (TPSA) is 52.0 Å². The fourth-order valence-electron chi connectivity index (χ4n) is 2.44. The first-order valence-corrected chi connectivity index (χ1v) is 6.66. The highest BCUT2D eigenvalue weighted by molar-refractivity contribution is 5.55. The Bertz CT molecular complexity index is 416. The maximum absolute atomic E-state index is 9.03. The van der Waals surface area contributed by atoms with Gasteiger partial charge in [0, 0.05) is 25.3 Å². The minimum Gasteiger partial charge on any atom is -0.380 e. The highest BCUT2D eigenvalue weighted by Gasteiger charge is 2.19. The van der Waals surface area contributed by atoms with Gasteiger partial charge in [-0.3, -0.25) is 4.98 Å². The number of nitrogens with one attached hydrogen (secondary N) is 1. The Morgan fingerprint density at radius 1 is 1.50 bits per heavy atom. The van der Waals surface area contributed by atoms with Crippen molar-refractivity contribution in [2.24, 2.45) is 0 Å². The molecule has 0 saturated carbocycles. The van der Waals surface area contributed by atoms with Crippen molar-refractivity contribution in [1.29, 1.82) is 5.26 Å². The highest BCUT2D eigenvalue weighted by atomic mass is 15.1. The van der Waals surface area contributed by atoms with Gasteiger partial charge in [-0.25, -0.2) is 0 Å². The largest absolute Gasteiger partial charge is 0.380 e. The van der Waals surface area contributed by atoms with E-state index in [-0.39, 0.29) is 0 Å². The van der Waals surface area contributed by atoms with E-state index >= 15 is 0 Å². The summed E-state index contributed by atoms with van der Waals surface area (Å²) in [7, 11) is 0. The predicted molar refractivity (Wildman–Crippen MR) is 72.3 cm³/mol. The second-order valence-electron chi connectivity index (χ2n) is 4.79. The van der Waals surface area contributed by atoms with Crippen LogP contribution in [0.1, 0.15) is 31.7 Å². The van der Waals surface area contributed by atoms with Crippen LogP contribution in [0, 0.1) is 11.3 Å². The normalized spacial score (nSPS) is 17.3. The summed E-state index contributed by atoms with van der Waals surface area (Å²) in [5.74, 6) is 0. The molecule has 1 aromatic rings. The Labute approximate surface area is 109 Å². The molecule has 1 aliphatic rings. The molecule has 0 amide bonds. The second-order valence-corrected chi connectivity index (χ2v) is 4.79. The zero-order valence-corrected chi connectivity index (χ0v) is 10.9. The summed E-state index contributed by atoms with van der Waals surface area (Å²) in [6.45, 7) is 5.71. The van der Waals surface area contributed by atoms with Crippen molar-refractivity contribution in [3.63, 3.8) is 0 Å². The van der Waals surface area contributed by atoms with Crippen molar-refractivity contribution < 1.29 is 0 Å². The van der Waals surface area contributed by atoms with Crippen LogP contribution in [-0.4, -0.2) is 35.6 Å². The minimum atomic E-state index is 0.467. The third kappa shape index (κ3) is 3.21. The average Bonchev–Trinajstić information content (AvgIpc) is 2.42. The van der Waals surface area contributed by atoms with E-state index in [2.05, 4.69) is 28.2 Å². The third-order valence-electron chi connectivity index (χ3n) is 3.43. The summed E-state index contributed by atoms with van der Waals surface area (Å²) < 4.78 is 0. The van der Waals surface area contributed by atoms with Gasteiger partial charge < -0.3 is 10.2 Å². The maximum atomic E-state index is 9.03. The van der Waals surface area contributed by atoms with Crippen LogP contribution < -0.4 is 5.32 Å². The zero-order chi connectivity index (χ0) is 12.8. The van der Waals surface area contributed by atoms with Gasteiger partial charge in [0.1, 0.15) is 6.07 Å². The molecule has 4 heteroatoms. The van der Waals surface area contributed by atoms with Crippen LogP contribution in [0.15, 0.2) is 18.5 Å². The Balaban J connectivity index is 1.90. The van der Waals surface area contributed by atoms with Gasteiger partial charge >= 0.3 is 0 Å². The Kier molecular flexibility index (Phi) is 4.54. The van der Waals surface area contributed by atoms with Crippen molar-refractivity contribution in [3.05, 3.63) is 24.0 Å². The number of hydrogen-bond acceptors (Lipinski definition) is 4. The molecule has 1 aliphatic heterocycles. The van der Waals surface area contributed by atoms with Gasteiger partial charge in [0.25, 0.3) is 0 Å². The molecule has 1 N–H and O–H groups in total. The quantitative estimate of drug-likeness (QED) is 0.882. The fourth-order valence-corrected chi connectivity index (χ4v) is 2.44. The van der Waals surface area contributed by atoms with Gasteiger partial charge in [-0.15, -0.1) is 0 Å². The molecule has 0 spiro atoms. The summed E-state index contributed by atoms with van der Waals surface area (Å²) in [6.07, 6.45) is 6.91. The number of aromatic nitrogens is 1. The molecule has 0 aliphatic carbocycles. The van der Waals surface area contributed by atoms with Gasteiger partial charge in [-0.2, -0.15) is 5.26 Å². The smallest absolute Gasteiger partial charge is 0.101 e. The summed E-state index contributed by atoms with van der Waals surface area (Å²) in [5, 5.41) is 12.5. The summed E-state index contributed by atoms with van der Waals surface area (Å²) in [5.41, 5.74) is 1.55. The number of nitriles is 1. The Hall–Kier alpha value is -1.60. The van der Waals surface area contributed by atoms with Gasteiger partial charge in [0.05, 0.1) is 17.4 Å². The van der Waals surface area contributed by atoms with Crippen LogP contribution in [-0.2, 0) is 0 Å². The lowest BCUT2D eigenvalue weighted by Gasteiger charge is -2.32. The van der Waals surface area contributed by atoms with Crippen molar-refractivity contribution in [3.8, 4) is 6.07 Å². The molecule has 4 nitrogen and oxygen atoms in total. The zero-order valence-electron chi connectivity index (χ0n) is 10.9. The fraction of sp³-hybridized carbons (Fsp3) is 0.571. The predicted octanol–water partition coefficient (Wildman–Crippen LogP) is 2.24. The number of anilines is 1. The molecule has 0 radical (unpaired) electrons. The van der Waals surface area contributed by atoms with Crippen LogP contribution in [0.2, 0.25) is 0 Å². The third-order valence-corrected chi connectivity index (χ3v) is 3.43. The van der Waals surface area contributed by atoms with Crippen LogP contribution in [0.4, 0.5) is 5.69 Å². The lowest BCUT2D eigenvalue weighted by atomic mass is 10.0. The summed E-state index contributed by atoms with van der Waals surface area (Å²) >= 11 is 0. The van der Waals surface area contributed by atoms with Crippen molar-refractivity contribution in [1.82, 2.24) is 9.88 Å². The lowest BCUT2D eigenvalue weighted by Crippen LogP contribution is -2.39. The van der Waals surface area contributed by atoms with Gasteiger partial charge in [-0.1, -0.05) is 6.92 Å². The number of nitrogens with zero attached hydrogens (tertiary/aromatic N) is 3. The van der Waals surface area contributed by atoms with Gasteiger partial charge in [0.2, 0.25) is 0 Å². The standard InChI is InChI=1S/C14H20N4/c1-2-7-18-8-4-13(5-9-18)17-14-11-16-6-3-12(14)10-15/h3,6,11,13,17H,2,4-5,7-9H2,1H3. The molecule has 18 heavy (non-hydrogen) atoms. The number of likely N-dealkylation sites (tertiary alicyclic amines) is 1. The molecular formula is C14H20N4. The monoisotopic (exact) mass is 244 g/mol. The Morgan fingerprint density at radius 3 is 2.94 bits per heavy atom. The highest BCUT2D eigenvalue weighted by Crippen LogP contribution is 2.18. The number of rotatable bonds is 4. The van der Waals surface area contributed by atoms with E-state index in [1.54, 1.807) is 18.5 Å². The SMILES string of the molecule is CCCN1CCC(Nc2cnccc2C#N)CC1. The second kappa shape index (κ2) is 6.36. The molecule has 1 aromatic heterocycles. The van der Waals surface area contributed by atoms with E-state index in [1.807, 2.05) is 0 Å². The molecule has 0 aromatic carbocycles. The molecule has 0 atom stereocenters. The van der Waals surface area contributed by atoms with Crippen molar-refractivity contribution in [2.45, 2.75) is 32.2 Å². The van der Waals surface area contributed by atoms with Crippen molar-refractivity contribution >= 4 is 5.69 Å². The average molecular weight is 244 g/mol. The minimum absolute atomic E-state index is 0.467. The maximum Gasteiger partial charge on any atom is 0.101 e. The molecule has 2 rings (SSSR count). The molecule has 0 bridgehead atoms. The van der Waals surface area contributed by atoms with E-state index in [0.717, 1.165) is 31.6 Å². The molecule has 1 fully saturated rings. The first-order chi connectivity index (χ1) is 8.83. The van der Waals surface area contributed by atoms with E-state index in [1.165, 1.54) is 13.0 Å². The Morgan fingerprint density at radius 2 is 2.28 bits per heavy atom. The number of pyridine rings is 1. The number of piperidine rings is 1. The van der Waals surface area contributed by atoms with E-state index in [4.69, 9.17) is 5.26 Å². The van der Waals surface area contributed by atoms with Gasteiger partial charge in [0.15, 0.2) is 0 Å². The molecule has 96 valence electrons. The molecular weight excluding hydrogens is 224 g/mol. The lowest BCUT2D eigenvalue weighted by molar-refractivity contribution is 0.219. The summed E-state index contributed by atoms with van der Waals surface area (Å²) in [4.78, 5) is 6.59. The van der Waals surface area contributed by atoms with Crippen LogP contribution in [0.25, 0.3) is 0 Å². The van der Waals surface area contributed by atoms with Crippen LogP contribution in [0.5, 0.6) is 0 Å². The molecule has 2 heterocycles. The molecule has 1 saturated heterocycles. The van der Waals surface area contributed by atoms with E-state index in [9.17, 15) is 0 Å².